The number of benzene rings is 1. The first-order valence-electron chi connectivity index (χ1n) is 6.86. The summed E-state index contributed by atoms with van der Waals surface area (Å²) in [6.07, 6.45) is -2.95. The number of nitrogens with zero attached hydrogens (tertiary/aromatic N) is 1. The molecule has 0 radical (unpaired) electrons. The second-order valence-electron chi connectivity index (χ2n) is 6.27. The van der Waals surface area contributed by atoms with Gasteiger partial charge in [-0.05, 0) is 51.5 Å². The molecule has 1 aromatic heterocycles. The summed E-state index contributed by atoms with van der Waals surface area (Å²) >= 11 is 0. The number of carbonyl (C=O) groups is 1. The summed E-state index contributed by atoms with van der Waals surface area (Å²) in [7, 11) is 0. The van der Waals surface area contributed by atoms with Gasteiger partial charge in [-0.25, -0.2) is 0 Å². The van der Waals surface area contributed by atoms with Crippen molar-refractivity contribution in [3.05, 3.63) is 35.5 Å². The lowest BCUT2D eigenvalue weighted by atomic mass is 10.1. The zero-order chi connectivity index (χ0) is 16.7. The van der Waals surface area contributed by atoms with E-state index in [-0.39, 0.29) is 11.9 Å². The van der Waals surface area contributed by atoms with E-state index in [0.29, 0.717) is 11.1 Å². The number of halogens is 3. The lowest BCUT2D eigenvalue weighted by Gasteiger charge is -2.20. The maximum absolute atomic E-state index is 13.1. The molecule has 0 amide bonds. The third kappa shape index (κ3) is 3.61. The largest absolute Gasteiger partial charge is 0.459 e. The van der Waals surface area contributed by atoms with Crippen molar-refractivity contribution < 1.29 is 22.7 Å². The Kier molecular flexibility index (Phi) is 3.98. The fraction of sp³-hybridized carbons (Fsp3) is 0.438. The van der Waals surface area contributed by atoms with Crippen LogP contribution in [-0.2, 0) is 22.3 Å². The van der Waals surface area contributed by atoms with Crippen LogP contribution < -0.4 is 0 Å². The van der Waals surface area contributed by atoms with Crippen molar-refractivity contribution in [2.75, 3.05) is 0 Å². The summed E-state index contributed by atoms with van der Waals surface area (Å²) in [5.74, 6) is -0.486. The smallest absolute Gasteiger partial charge is 0.417 e. The van der Waals surface area contributed by atoms with Crippen LogP contribution in [0.5, 0.6) is 0 Å². The van der Waals surface area contributed by atoms with E-state index in [0.717, 1.165) is 6.07 Å². The van der Waals surface area contributed by atoms with E-state index in [2.05, 4.69) is 0 Å². The summed E-state index contributed by atoms with van der Waals surface area (Å²) in [6, 6.07) is 4.12. The average Bonchev–Trinajstić information content (AvgIpc) is 2.67. The number of hydrogen-bond donors (Lipinski definition) is 0. The Balaban J connectivity index is 2.42. The molecule has 120 valence electrons. The van der Waals surface area contributed by atoms with E-state index in [1.54, 1.807) is 33.8 Å². The van der Waals surface area contributed by atoms with Crippen LogP contribution in [0, 0.1) is 6.92 Å². The van der Waals surface area contributed by atoms with Gasteiger partial charge in [0, 0.05) is 17.1 Å². The van der Waals surface area contributed by atoms with Gasteiger partial charge in [-0.15, -0.1) is 0 Å². The molecule has 1 aromatic carbocycles. The molecule has 2 aromatic rings. The lowest BCUT2D eigenvalue weighted by molar-refractivity contribution is -0.155. The van der Waals surface area contributed by atoms with E-state index in [1.165, 1.54) is 16.8 Å². The minimum atomic E-state index is -4.43. The van der Waals surface area contributed by atoms with Gasteiger partial charge in [-0.1, -0.05) is 0 Å². The van der Waals surface area contributed by atoms with E-state index in [9.17, 15) is 18.0 Å². The van der Waals surface area contributed by atoms with Crippen molar-refractivity contribution in [2.45, 2.75) is 46.0 Å². The molecule has 3 nitrogen and oxygen atoms in total. The molecule has 0 spiro atoms. The zero-order valence-corrected chi connectivity index (χ0v) is 12.9. The van der Waals surface area contributed by atoms with Crippen LogP contribution in [0.1, 0.15) is 31.9 Å². The first-order valence-corrected chi connectivity index (χ1v) is 6.86. The van der Waals surface area contributed by atoms with Crippen molar-refractivity contribution in [2.24, 2.45) is 0 Å². The number of carbonyl (C=O) groups excluding carboxylic acids is 1. The highest BCUT2D eigenvalue weighted by molar-refractivity contribution is 5.86. The van der Waals surface area contributed by atoms with Gasteiger partial charge in [0.15, 0.2) is 0 Å². The Hall–Kier alpha value is -1.98. The Labute approximate surface area is 126 Å². The van der Waals surface area contributed by atoms with E-state index >= 15 is 0 Å². The fourth-order valence-corrected chi connectivity index (χ4v) is 2.32. The number of alkyl halides is 3. The van der Waals surface area contributed by atoms with Crippen LogP contribution >= 0.6 is 0 Å². The molecule has 0 aliphatic rings. The zero-order valence-electron chi connectivity index (χ0n) is 12.9. The van der Waals surface area contributed by atoms with Gasteiger partial charge in [0.05, 0.1) is 5.56 Å². The Morgan fingerprint density at radius 1 is 1.23 bits per heavy atom. The topological polar surface area (TPSA) is 31.2 Å². The summed E-state index contributed by atoms with van der Waals surface area (Å²) in [5, 5.41) is 0.0849. The minimum absolute atomic E-state index is 0.0849. The van der Waals surface area contributed by atoms with E-state index < -0.39 is 23.3 Å². The Morgan fingerprint density at radius 2 is 1.86 bits per heavy atom. The third-order valence-corrected chi connectivity index (χ3v) is 3.06. The molecular weight excluding hydrogens is 295 g/mol. The predicted octanol–water partition coefficient (Wildman–Crippen LogP) is 4.31. The van der Waals surface area contributed by atoms with Crippen LogP contribution in [0.25, 0.3) is 10.9 Å². The SMILES string of the molecule is Cc1cc(C(F)(F)F)c2ccn(CC(=O)OC(C)(C)C)c2c1. The van der Waals surface area contributed by atoms with Gasteiger partial charge in [-0.2, -0.15) is 13.2 Å². The molecule has 6 heteroatoms. The first kappa shape index (κ1) is 16.4. The second kappa shape index (κ2) is 5.34. The molecule has 0 saturated carbocycles. The molecular formula is C16H18F3NO2. The summed E-state index contributed by atoms with van der Waals surface area (Å²) < 4.78 is 46.0. The number of aromatic nitrogens is 1. The quantitative estimate of drug-likeness (QED) is 0.774. The summed E-state index contributed by atoms with van der Waals surface area (Å²) in [5.41, 5.74) is -0.458. The van der Waals surface area contributed by atoms with E-state index in [1.807, 2.05) is 0 Å². The van der Waals surface area contributed by atoms with Crippen molar-refractivity contribution in [3.63, 3.8) is 0 Å². The molecule has 1 heterocycles. The molecule has 0 bridgehead atoms. The minimum Gasteiger partial charge on any atom is -0.459 e. The van der Waals surface area contributed by atoms with Crippen LogP contribution in [0.15, 0.2) is 24.4 Å². The average molecular weight is 313 g/mol. The number of ether oxygens (including phenoxy) is 1. The van der Waals surface area contributed by atoms with Crippen LogP contribution in [-0.4, -0.2) is 16.1 Å². The second-order valence-corrected chi connectivity index (χ2v) is 6.27. The van der Waals surface area contributed by atoms with Crippen LogP contribution in [0.3, 0.4) is 0 Å². The van der Waals surface area contributed by atoms with E-state index in [4.69, 9.17) is 4.74 Å². The number of aryl methyl sites for hydroxylation is 1. The molecule has 0 aliphatic heterocycles. The van der Waals surface area contributed by atoms with Gasteiger partial charge < -0.3 is 9.30 Å². The maximum Gasteiger partial charge on any atom is 0.417 e. The van der Waals surface area contributed by atoms with Crippen molar-refractivity contribution in [1.82, 2.24) is 4.57 Å². The van der Waals surface area contributed by atoms with Crippen molar-refractivity contribution in [1.29, 1.82) is 0 Å². The van der Waals surface area contributed by atoms with Gasteiger partial charge >= 0.3 is 12.1 Å². The third-order valence-electron chi connectivity index (χ3n) is 3.06. The van der Waals surface area contributed by atoms with Gasteiger partial charge in [0.2, 0.25) is 0 Å². The molecule has 0 saturated heterocycles. The van der Waals surface area contributed by atoms with Gasteiger partial charge in [0.1, 0.15) is 12.1 Å². The highest BCUT2D eigenvalue weighted by atomic mass is 19.4. The molecule has 0 unspecified atom stereocenters. The highest BCUT2D eigenvalue weighted by Crippen LogP contribution is 2.36. The van der Waals surface area contributed by atoms with Gasteiger partial charge in [-0.3, -0.25) is 4.79 Å². The molecule has 0 fully saturated rings. The van der Waals surface area contributed by atoms with Crippen LogP contribution in [0.2, 0.25) is 0 Å². The number of rotatable bonds is 2. The summed E-state index contributed by atoms with van der Waals surface area (Å²) in [4.78, 5) is 11.9. The lowest BCUT2D eigenvalue weighted by Crippen LogP contribution is -2.26. The van der Waals surface area contributed by atoms with Crippen molar-refractivity contribution in [3.8, 4) is 0 Å². The number of hydrogen-bond acceptors (Lipinski definition) is 2. The van der Waals surface area contributed by atoms with Crippen molar-refractivity contribution >= 4 is 16.9 Å². The molecule has 0 N–H and O–H groups in total. The molecule has 0 aliphatic carbocycles. The van der Waals surface area contributed by atoms with Crippen LogP contribution in [0.4, 0.5) is 13.2 Å². The predicted molar refractivity (Wildman–Crippen MR) is 77.5 cm³/mol. The number of fused-ring (bicyclic) bond motifs is 1. The normalized spacial score (nSPS) is 12.7. The standard InChI is InChI=1S/C16H18F3NO2/c1-10-7-12(16(17,18)19)11-5-6-20(13(11)8-10)9-14(21)22-15(2,3)4/h5-8H,9H2,1-4H3. The monoisotopic (exact) mass is 313 g/mol. The highest BCUT2D eigenvalue weighted by Gasteiger charge is 2.33. The molecule has 2 rings (SSSR count). The Morgan fingerprint density at radius 3 is 2.41 bits per heavy atom. The van der Waals surface area contributed by atoms with Gasteiger partial charge in [0.25, 0.3) is 0 Å². The summed E-state index contributed by atoms with van der Waals surface area (Å²) in [6.45, 7) is 6.70. The number of esters is 1. The first-order chi connectivity index (χ1) is 9.97. The fourth-order valence-electron chi connectivity index (χ4n) is 2.32. The molecule has 22 heavy (non-hydrogen) atoms. The maximum atomic E-state index is 13.1. The molecule has 0 atom stereocenters. The Bertz CT molecular complexity index is 708.